The summed E-state index contributed by atoms with van der Waals surface area (Å²) in [5.41, 5.74) is 7.28. The standard InChI is InChI=1S/C17H24N2O2.ClH/c1-17(2)11-19(8-7-15(17)18)16(20)13-9-12-5-3-4-6-14(12)21-10-13;/h3-6,13,15H,7-11,18H2,1-2H3;1H. The summed E-state index contributed by atoms with van der Waals surface area (Å²) in [4.78, 5) is 14.7. The van der Waals surface area contributed by atoms with E-state index in [9.17, 15) is 4.79 Å². The van der Waals surface area contributed by atoms with Crippen LogP contribution in [0.5, 0.6) is 5.75 Å². The quantitative estimate of drug-likeness (QED) is 0.862. The Labute approximate surface area is 138 Å². The molecule has 0 saturated carbocycles. The Morgan fingerprint density at radius 2 is 2.09 bits per heavy atom. The maximum absolute atomic E-state index is 12.8. The van der Waals surface area contributed by atoms with Crippen LogP contribution in [0.3, 0.4) is 0 Å². The third kappa shape index (κ3) is 3.23. The van der Waals surface area contributed by atoms with Crippen LogP contribution in [-0.4, -0.2) is 36.5 Å². The van der Waals surface area contributed by atoms with Crippen molar-refractivity contribution in [1.82, 2.24) is 4.90 Å². The number of nitrogens with zero attached hydrogens (tertiary/aromatic N) is 1. The molecule has 2 aliphatic rings. The van der Waals surface area contributed by atoms with Crippen LogP contribution in [0.15, 0.2) is 24.3 Å². The van der Waals surface area contributed by atoms with E-state index in [1.165, 1.54) is 0 Å². The molecule has 1 saturated heterocycles. The first kappa shape index (κ1) is 17.1. The molecule has 0 bridgehead atoms. The lowest BCUT2D eigenvalue weighted by Gasteiger charge is -2.43. The largest absolute Gasteiger partial charge is 0.492 e. The van der Waals surface area contributed by atoms with Gasteiger partial charge in [-0.15, -0.1) is 12.4 Å². The summed E-state index contributed by atoms with van der Waals surface area (Å²) < 4.78 is 5.75. The molecule has 3 rings (SSSR count). The molecule has 0 spiro atoms. The highest BCUT2D eigenvalue weighted by Gasteiger charge is 2.38. The Bertz CT molecular complexity index is 547. The van der Waals surface area contributed by atoms with Crippen molar-refractivity contribution in [2.45, 2.75) is 32.7 Å². The Kier molecular flexibility index (Phi) is 5.03. The van der Waals surface area contributed by atoms with E-state index >= 15 is 0 Å². The van der Waals surface area contributed by atoms with Crippen LogP contribution in [0.25, 0.3) is 0 Å². The van der Waals surface area contributed by atoms with Crippen molar-refractivity contribution in [2.24, 2.45) is 17.1 Å². The van der Waals surface area contributed by atoms with Crippen molar-refractivity contribution in [3.05, 3.63) is 29.8 Å². The molecule has 1 aromatic rings. The number of nitrogens with two attached hydrogens (primary N) is 1. The first-order valence-corrected chi connectivity index (χ1v) is 7.72. The molecule has 2 N–H and O–H groups in total. The van der Waals surface area contributed by atoms with Gasteiger partial charge in [-0.1, -0.05) is 32.0 Å². The number of rotatable bonds is 1. The molecular formula is C17H25ClN2O2. The Morgan fingerprint density at radius 3 is 2.82 bits per heavy atom. The number of halogens is 1. The van der Waals surface area contributed by atoms with E-state index in [1.807, 2.05) is 29.2 Å². The maximum atomic E-state index is 12.8. The minimum Gasteiger partial charge on any atom is -0.492 e. The Hall–Kier alpha value is -1.26. The van der Waals surface area contributed by atoms with E-state index in [2.05, 4.69) is 13.8 Å². The van der Waals surface area contributed by atoms with E-state index in [4.69, 9.17) is 10.5 Å². The third-order valence-electron chi connectivity index (χ3n) is 4.85. The summed E-state index contributed by atoms with van der Waals surface area (Å²) in [6.45, 7) is 6.28. The lowest BCUT2D eigenvalue weighted by molar-refractivity contribution is -0.140. The summed E-state index contributed by atoms with van der Waals surface area (Å²) in [6.07, 6.45) is 1.65. The van der Waals surface area contributed by atoms with Crippen LogP contribution < -0.4 is 10.5 Å². The van der Waals surface area contributed by atoms with Crippen molar-refractivity contribution >= 4 is 18.3 Å². The molecule has 1 amide bonds. The smallest absolute Gasteiger partial charge is 0.229 e. The fraction of sp³-hybridized carbons (Fsp3) is 0.588. The van der Waals surface area contributed by atoms with E-state index in [0.717, 1.165) is 37.2 Å². The highest BCUT2D eigenvalue weighted by molar-refractivity contribution is 5.85. The molecule has 122 valence electrons. The zero-order valence-electron chi connectivity index (χ0n) is 13.2. The minimum absolute atomic E-state index is 0. The van der Waals surface area contributed by atoms with Gasteiger partial charge in [-0.25, -0.2) is 0 Å². The average Bonchev–Trinajstić information content (AvgIpc) is 2.48. The molecule has 0 aliphatic carbocycles. The van der Waals surface area contributed by atoms with Gasteiger partial charge in [-0.2, -0.15) is 0 Å². The van der Waals surface area contributed by atoms with Gasteiger partial charge in [0.15, 0.2) is 0 Å². The number of piperidine rings is 1. The molecule has 2 atom stereocenters. The summed E-state index contributed by atoms with van der Waals surface area (Å²) in [5, 5.41) is 0. The molecule has 2 heterocycles. The van der Waals surface area contributed by atoms with E-state index < -0.39 is 0 Å². The Balaban J connectivity index is 0.00000176. The monoisotopic (exact) mass is 324 g/mol. The van der Waals surface area contributed by atoms with Gasteiger partial charge >= 0.3 is 0 Å². The van der Waals surface area contributed by atoms with Crippen molar-refractivity contribution < 1.29 is 9.53 Å². The van der Waals surface area contributed by atoms with Crippen LogP contribution >= 0.6 is 12.4 Å². The number of carbonyl (C=O) groups is 1. The fourth-order valence-corrected chi connectivity index (χ4v) is 3.31. The predicted octanol–water partition coefficient (Wildman–Crippen LogP) is 2.25. The summed E-state index contributed by atoms with van der Waals surface area (Å²) in [5.74, 6) is 1.07. The molecule has 2 aliphatic heterocycles. The van der Waals surface area contributed by atoms with Gasteiger partial charge < -0.3 is 15.4 Å². The number of fused-ring (bicyclic) bond motifs is 1. The average molecular weight is 325 g/mol. The van der Waals surface area contributed by atoms with Gasteiger partial charge in [-0.05, 0) is 29.9 Å². The van der Waals surface area contributed by atoms with E-state index in [1.54, 1.807) is 0 Å². The van der Waals surface area contributed by atoms with Crippen molar-refractivity contribution in [2.75, 3.05) is 19.7 Å². The topological polar surface area (TPSA) is 55.6 Å². The van der Waals surface area contributed by atoms with Crippen LogP contribution in [-0.2, 0) is 11.2 Å². The molecule has 0 aromatic heterocycles. The molecule has 4 nitrogen and oxygen atoms in total. The summed E-state index contributed by atoms with van der Waals surface area (Å²) in [7, 11) is 0. The minimum atomic E-state index is -0.0648. The van der Waals surface area contributed by atoms with Gasteiger partial charge in [0.1, 0.15) is 12.4 Å². The summed E-state index contributed by atoms with van der Waals surface area (Å²) >= 11 is 0. The lowest BCUT2D eigenvalue weighted by Crippen LogP contribution is -2.55. The van der Waals surface area contributed by atoms with Gasteiger partial charge in [0.2, 0.25) is 5.91 Å². The number of benzene rings is 1. The lowest BCUT2D eigenvalue weighted by atomic mass is 9.79. The first-order valence-electron chi connectivity index (χ1n) is 7.72. The molecule has 2 unspecified atom stereocenters. The number of para-hydroxylation sites is 1. The molecule has 22 heavy (non-hydrogen) atoms. The van der Waals surface area contributed by atoms with Crippen molar-refractivity contribution in [3.63, 3.8) is 0 Å². The van der Waals surface area contributed by atoms with Gasteiger partial charge in [0.25, 0.3) is 0 Å². The molecule has 1 aromatic carbocycles. The highest BCUT2D eigenvalue weighted by atomic mass is 35.5. The normalized spacial score (nSPS) is 26.4. The second-order valence-electron chi connectivity index (χ2n) is 6.96. The second kappa shape index (κ2) is 6.47. The predicted molar refractivity (Wildman–Crippen MR) is 89.3 cm³/mol. The van der Waals surface area contributed by atoms with Gasteiger partial charge in [0, 0.05) is 19.1 Å². The second-order valence-corrected chi connectivity index (χ2v) is 6.96. The van der Waals surface area contributed by atoms with Gasteiger partial charge in [0.05, 0.1) is 5.92 Å². The SMILES string of the molecule is CC1(C)CN(C(=O)C2COc3ccccc3C2)CCC1N.Cl. The molecule has 1 fully saturated rings. The van der Waals surface area contributed by atoms with Crippen LogP contribution in [0.4, 0.5) is 0 Å². The Morgan fingerprint density at radius 1 is 1.36 bits per heavy atom. The molecular weight excluding hydrogens is 300 g/mol. The molecule has 5 heteroatoms. The summed E-state index contributed by atoms with van der Waals surface area (Å²) in [6, 6.07) is 8.15. The highest BCUT2D eigenvalue weighted by Crippen LogP contribution is 2.31. The first-order chi connectivity index (χ1) is 9.97. The maximum Gasteiger partial charge on any atom is 0.229 e. The van der Waals surface area contributed by atoms with Crippen LogP contribution in [0.2, 0.25) is 0 Å². The number of ether oxygens (including phenoxy) is 1. The number of carbonyl (C=O) groups excluding carboxylic acids is 1. The zero-order chi connectivity index (χ0) is 15.0. The number of hydrogen-bond donors (Lipinski definition) is 1. The zero-order valence-corrected chi connectivity index (χ0v) is 14.1. The van der Waals surface area contributed by atoms with Crippen molar-refractivity contribution in [3.8, 4) is 5.75 Å². The third-order valence-corrected chi connectivity index (χ3v) is 4.85. The van der Waals surface area contributed by atoms with Crippen molar-refractivity contribution in [1.29, 1.82) is 0 Å². The number of amides is 1. The number of likely N-dealkylation sites (tertiary alicyclic amines) is 1. The number of hydrogen-bond acceptors (Lipinski definition) is 3. The van der Waals surface area contributed by atoms with E-state index in [0.29, 0.717) is 6.61 Å². The molecule has 0 radical (unpaired) electrons. The van der Waals surface area contributed by atoms with Gasteiger partial charge in [-0.3, -0.25) is 4.79 Å². The van der Waals surface area contributed by atoms with Crippen LogP contribution in [0.1, 0.15) is 25.8 Å². The fourth-order valence-electron chi connectivity index (χ4n) is 3.31. The van der Waals surface area contributed by atoms with E-state index in [-0.39, 0.29) is 35.7 Å². The van der Waals surface area contributed by atoms with Crippen LogP contribution in [0, 0.1) is 11.3 Å².